The maximum absolute atomic E-state index is 13.3. The summed E-state index contributed by atoms with van der Waals surface area (Å²) in [5, 5.41) is 3.69. The Morgan fingerprint density at radius 3 is 2.52 bits per heavy atom. The smallest absolute Gasteiger partial charge is 0.141 e. The van der Waals surface area contributed by atoms with Crippen LogP contribution in [0.15, 0.2) is 42.5 Å². The van der Waals surface area contributed by atoms with Crippen molar-refractivity contribution < 1.29 is 4.39 Å². The molecule has 21 heavy (non-hydrogen) atoms. The van der Waals surface area contributed by atoms with Crippen molar-refractivity contribution in [1.29, 1.82) is 0 Å². The molecule has 0 amide bonds. The molecule has 1 N–H and O–H groups in total. The third kappa shape index (κ3) is 4.94. The van der Waals surface area contributed by atoms with Gasteiger partial charge < -0.3 is 5.32 Å². The Bertz CT molecular complexity index is 586. The monoisotopic (exact) mass is 417 g/mol. The van der Waals surface area contributed by atoms with Gasteiger partial charge >= 0.3 is 0 Å². The Balaban J connectivity index is 2.20. The molecule has 2 rings (SSSR count). The van der Waals surface area contributed by atoms with Crippen molar-refractivity contribution in [2.75, 3.05) is 6.54 Å². The lowest BCUT2D eigenvalue weighted by atomic mass is 9.98. The zero-order valence-corrected chi connectivity index (χ0v) is 14.8. The standard InChI is InChI=1S/C17H18ClFIN/c1-2-9-21-17(10-12-3-6-14(20)7-4-12)13-5-8-16(19)15(18)11-13/h3-8,11,17,21H,2,9-10H2,1H3. The van der Waals surface area contributed by atoms with E-state index in [9.17, 15) is 4.39 Å². The van der Waals surface area contributed by atoms with E-state index in [0.717, 1.165) is 24.9 Å². The second kappa shape index (κ2) is 8.11. The van der Waals surface area contributed by atoms with Gasteiger partial charge in [0.25, 0.3) is 0 Å². The summed E-state index contributed by atoms with van der Waals surface area (Å²) in [7, 11) is 0. The largest absolute Gasteiger partial charge is 0.310 e. The van der Waals surface area contributed by atoms with Crippen LogP contribution in [0.25, 0.3) is 0 Å². The van der Waals surface area contributed by atoms with Crippen molar-refractivity contribution in [2.24, 2.45) is 0 Å². The van der Waals surface area contributed by atoms with Crippen molar-refractivity contribution in [3.63, 3.8) is 0 Å². The zero-order valence-electron chi connectivity index (χ0n) is 11.9. The van der Waals surface area contributed by atoms with E-state index in [-0.39, 0.29) is 16.9 Å². The van der Waals surface area contributed by atoms with E-state index >= 15 is 0 Å². The van der Waals surface area contributed by atoms with Gasteiger partial charge in [-0.25, -0.2) is 4.39 Å². The van der Waals surface area contributed by atoms with Gasteiger partial charge in [0.05, 0.1) is 5.02 Å². The summed E-state index contributed by atoms with van der Waals surface area (Å²) in [6, 6.07) is 13.6. The molecule has 1 atom stereocenters. The van der Waals surface area contributed by atoms with Gasteiger partial charge in [-0.2, -0.15) is 0 Å². The Morgan fingerprint density at radius 1 is 1.19 bits per heavy atom. The molecule has 0 spiro atoms. The van der Waals surface area contributed by atoms with Gasteiger partial charge in [0.1, 0.15) is 5.82 Å². The van der Waals surface area contributed by atoms with Crippen molar-refractivity contribution in [2.45, 2.75) is 25.8 Å². The van der Waals surface area contributed by atoms with Crippen molar-refractivity contribution >= 4 is 34.2 Å². The van der Waals surface area contributed by atoms with Gasteiger partial charge in [-0.15, -0.1) is 0 Å². The molecule has 0 fully saturated rings. The van der Waals surface area contributed by atoms with Crippen LogP contribution in [0, 0.1) is 9.39 Å². The summed E-state index contributed by atoms with van der Waals surface area (Å²) in [6.07, 6.45) is 1.91. The quantitative estimate of drug-likeness (QED) is 0.623. The van der Waals surface area contributed by atoms with Crippen LogP contribution in [0.2, 0.25) is 5.02 Å². The maximum atomic E-state index is 13.3. The summed E-state index contributed by atoms with van der Waals surface area (Å²) in [4.78, 5) is 0. The van der Waals surface area contributed by atoms with Crippen LogP contribution < -0.4 is 5.32 Å². The predicted octanol–water partition coefficient (Wildman–Crippen LogP) is 5.37. The molecule has 0 aliphatic carbocycles. The Hall–Kier alpha value is -0.650. The highest BCUT2D eigenvalue weighted by Crippen LogP contribution is 2.24. The molecule has 0 aromatic heterocycles. The summed E-state index contributed by atoms with van der Waals surface area (Å²) in [5.41, 5.74) is 2.28. The van der Waals surface area contributed by atoms with E-state index in [2.05, 4.69) is 59.1 Å². The number of nitrogens with one attached hydrogen (secondary N) is 1. The first kappa shape index (κ1) is 16.7. The third-order valence-electron chi connectivity index (χ3n) is 3.34. The second-order valence-corrected chi connectivity index (χ2v) is 6.66. The normalized spacial score (nSPS) is 12.4. The average Bonchev–Trinajstić information content (AvgIpc) is 2.48. The molecule has 1 nitrogen and oxygen atoms in total. The van der Waals surface area contributed by atoms with E-state index in [1.165, 1.54) is 15.2 Å². The summed E-state index contributed by atoms with van der Waals surface area (Å²) < 4.78 is 14.6. The predicted molar refractivity (Wildman–Crippen MR) is 95.3 cm³/mol. The van der Waals surface area contributed by atoms with Crippen LogP contribution in [0.3, 0.4) is 0 Å². The van der Waals surface area contributed by atoms with Crippen LogP contribution in [0.5, 0.6) is 0 Å². The van der Waals surface area contributed by atoms with Gasteiger partial charge in [0.2, 0.25) is 0 Å². The molecule has 0 bridgehead atoms. The van der Waals surface area contributed by atoms with Crippen LogP contribution in [-0.2, 0) is 6.42 Å². The number of benzene rings is 2. The molecule has 0 radical (unpaired) electrons. The molecule has 1 unspecified atom stereocenters. The maximum Gasteiger partial charge on any atom is 0.141 e. The number of hydrogen-bond acceptors (Lipinski definition) is 1. The van der Waals surface area contributed by atoms with Crippen molar-refractivity contribution in [3.8, 4) is 0 Å². The molecular weight excluding hydrogens is 400 g/mol. The molecule has 112 valence electrons. The van der Waals surface area contributed by atoms with Crippen molar-refractivity contribution in [3.05, 3.63) is 68.0 Å². The van der Waals surface area contributed by atoms with E-state index in [1.807, 2.05) is 0 Å². The fourth-order valence-electron chi connectivity index (χ4n) is 2.21. The van der Waals surface area contributed by atoms with E-state index in [1.54, 1.807) is 12.1 Å². The van der Waals surface area contributed by atoms with Gasteiger partial charge in [-0.1, -0.05) is 36.7 Å². The van der Waals surface area contributed by atoms with Crippen LogP contribution in [0.1, 0.15) is 30.5 Å². The Morgan fingerprint density at radius 2 is 1.90 bits per heavy atom. The first-order valence-corrected chi connectivity index (χ1v) is 8.48. The fraction of sp³-hybridized carbons (Fsp3) is 0.294. The molecule has 2 aromatic carbocycles. The zero-order chi connectivity index (χ0) is 15.2. The molecule has 0 saturated heterocycles. The van der Waals surface area contributed by atoms with Gasteiger partial charge in [-0.05, 0) is 77.4 Å². The topological polar surface area (TPSA) is 12.0 Å². The van der Waals surface area contributed by atoms with Gasteiger partial charge in [0, 0.05) is 9.61 Å². The fourth-order valence-corrected chi connectivity index (χ4v) is 2.76. The minimum Gasteiger partial charge on any atom is -0.310 e. The molecule has 2 aromatic rings. The number of hydrogen-bond donors (Lipinski definition) is 1. The highest BCUT2D eigenvalue weighted by atomic mass is 127. The Kier molecular flexibility index (Phi) is 6.45. The lowest BCUT2D eigenvalue weighted by Crippen LogP contribution is -2.24. The van der Waals surface area contributed by atoms with Crippen LogP contribution >= 0.6 is 34.2 Å². The molecule has 0 aliphatic heterocycles. The van der Waals surface area contributed by atoms with E-state index in [4.69, 9.17) is 11.6 Å². The number of halogens is 3. The first-order valence-electron chi connectivity index (χ1n) is 7.03. The molecule has 4 heteroatoms. The van der Waals surface area contributed by atoms with Gasteiger partial charge in [0.15, 0.2) is 0 Å². The average molecular weight is 418 g/mol. The lowest BCUT2D eigenvalue weighted by molar-refractivity contribution is 0.527. The molecular formula is C17H18ClFIN. The Labute approximate surface area is 144 Å². The molecule has 0 saturated carbocycles. The van der Waals surface area contributed by atoms with E-state index < -0.39 is 0 Å². The minimum absolute atomic E-state index is 0.142. The van der Waals surface area contributed by atoms with Gasteiger partial charge in [-0.3, -0.25) is 0 Å². The molecule has 0 aliphatic rings. The highest BCUT2D eigenvalue weighted by molar-refractivity contribution is 14.1. The molecule has 0 heterocycles. The SMILES string of the molecule is CCCNC(Cc1ccc(I)cc1)c1ccc(F)c(Cl)c1. The van der Waals surface area contributed by atoms with E-state index in [0.29, 0.717) is 0 Å². The third-order valence-corrected chi connectivity index (χ3v) is 4.35. The lowest BCUT2D eigenvalue weighted by Gasteiger charge is -2.19. The second-order valence-electron chi connectivity index (χ2n) is 5.01. The summed E-state index contributed by atoms with van der Waals surface area (Å²) >= 11 is 8.21. The first-order chi connectivity index (χ1) is 10.1. The highest BCUT2D eigenvalue weighted by Gasteiger charge is 2.13. The van der Waals surface area contributed by atoms with Crippen molar-refractivity contribution in [1.82, 2.24) is 5.32 Å². The number of rotatable bonds is 6. The summed E-state index contributed by atoms with van der Waals surface area (Å²) in [5.74, 6) is -0.371. The minimum atomic E-state index is -0.371. The van der Waals surface area contributed by atoms with Crippen LogP contribution in [0.4, 0.5) is 4.39 Å². The van der Waals surface area contributed by atoms with Crippen LogP contribution in [-0.4, -0.2) is 6.54 Å². The summed E-state index contributed by atoms with van der Waals surface area (Å²) in [6.45, 7) is 3.05.